The molecule has 1 fully saturated rings. The molecule has 1 rings (SSSR count). The van der Waals surface area contributed by atoms with E-state index >= 15 is 0 Å². The number of nitrogens with one attached hydrogen (secondary N) is 1. The lowest BCUT2D eigenvalue weighted by Crippen LogP contribution is -2.39. The molecule has 6 heteroatoms. The summed E-state index contributed by atoms with van der Waals surface area (Å²) in [5.41, 5.74) is 5.68. The van der Waals surface area contributed by atoms with Crippen LogP contribution in [0, 0.1) is 0 Å². The summed E-state index contributed by atoms with van der Waals surface area (Å²) in [6.45, 7) is 8.76. The predicted molar refractivity (Wildman–Crippen MR) is 82.1 cm³/mol. The highest BCUT2D eigenvalue weighted by Crippen LogP contribution is 1.97. The Balaban J connectivity index is 0.00000256. The number of nitrogens with two attached hydrogens (primary N) is 1. The van der Waals surface area contributed by atoms with E-state index in [4.69, 9.17) is 10.5 Å². The predicted octanol–water partition coefficient (Wildman–Crippen LogP) is 0.641. The minimum Gasteiger partial charge on any atom is -0.379 e. The standard InChI is InChI=1S/C11H24N4O.HI/c1-2-4-13-11(12)14-5-3-6-15-7-9-16-10-8-15;/h2-10H2,1H3,(H3,12,13,14);1H. The van der Waals surface area contributed by atoms with E-state index in [1.54, 1.807) is 0 Å². The first-order valence-corrected chi connectivity index (χ1v) is 6.17. The van der Waals surface area contributed by atoms with Gasteiger partial charge in [0.05, 0.1) is 13.2 Å². The van der Waals surface area contributed by atoms with Crippen LogP contribution in [-0.2, 0) is 4.74 Å². The third kappa shape index (κ3) is 8.62. The molecule has 5 nitrogen and oxygen atoms in total. The van der Waals surface area contributed by atoms with Gasteiger partial charge in [0.25, 0.3) is 0 Å². The molecule has 102 valence electrons. The van der Waals surface area contributed by atoms with Gasteiger partial charge in [-0.05, 0) is 19.4 Å². The summed E-state index contributed by atoms with van der Waals surface area (Å²) in [4.78, 5) is 6.60. The van der Waals surface area contributed by atoms with Crippen LogP contribution in [0.3, 0.4) is 0 Å². The Labute approximate surface area is 121 Å². The SMILES string of the molecule is CCCN=C(N)NCCCN1CCOCC1.I. The van der Waals surface area contributed by atoms with E-state index in [0.29, 0.717) is 5.96 Å². The van der Waals surface area contributed by atoms with Crippen molar-refractivity contribution in [2.45, 2.75) is 19.8 Å². The Hall–Kier alpha value is -0.0800. The topological polar surface area (TPSA) is 62.9 Å². The fraction of sp³-hybridized carbons (Fsp3) is 0.909. The van der Waals surface area contributed by atoms with Crippen molar-refractivity contribution in [1.82, 2.24) is 10.2 Å². The van der Waals surface area contributed by atoms with Gasteiger partial charge in [-0.3, -0.25) is 9.89 Å². The van der Waals surface area contributed by atoms with Crippen molar-refractivity contribution in [3.63, 3.8) is 0 Å². The van der Waals surface area contributed by atoms with Gasteiger partial charge in [-0.1, -0.05) is 6.92 Å². The molecule has 0 aromatic rings. The Morgan fingerprint density at radius 3 is 2.76 bits per heavy atom. The molecule has 1 aliphatic heterocycles. The lowest BCUT2D eigenvalue weighted by molar-refractivity contribution is 0.0376. The number of hydrogen-bond donors (Lipinski definition) is 2. The molecule has 0 aliphatic carbocycles. The van der Waals surface area contributed by atoms with Crippen molar-refractivity contribution in [2.75, 3.05) is 45.9 Å². The van der Waals surface area contributed by atoms with E-state index in [9.17, 15) is 0 Å². The zero-order chi connectivity index (χ0) is 11.6. The third-order valence-corrected chi connectivity index (χ3v) is 2.57. The Kier molecular flexibility index (Phi) is 11.0. The van der Waals surface area contributed by atoms with Crippen molar-refractivity contribution in [1.29, 1.82) is 0 Å². The molecule has 0 amide bonds. The van der Waals surface area contributed by atoms with Crippen LogP contribution < -0.4 is 11.1 Å². The van der Waals surface area contributed by atoms with Crippen LogP contribution in [0.15, 0.2) is 4.99 Å². The highest BCUT2D eigenvalue weighted by atomic mass is 127. The second kappa shape index (κ2) is 11.0. The summed E-state index contributed by atoms with van der Waals surface area (Å²) < 4.78 is 5.29. The minimum atomic E-state index is 0. The van der Waals surface area contributed by atoms with E-state index in [2.05, 4.69) is 22.1 Å². The van der Waals surface area contributed by atoms with Crippen LogP contribution in [0.5, 0.6) is 0 Å². The largest absolute Gasteiger partial charge is 0.379 e. The maximum Gasteiger partial charge on any atom is 0.188 e. The van der Waals surface area contributed by atoms with E-state index in [1.807, 2.05) is 0 Å². The maximum absolute atomic E-state index is 5.68. The second-order valence-corrected chi connectivity index (χ2v) is 4.00. The van der Waals surface area contributed by atoms with Gasteiger partial charge < -0.3 is 15.8 Å². The number of ether oxygens (including phenoxy) is 1. The molecule has 1 saturated heterocycles. The van der Waals surface area contributed by atoms with Crippen LogP contribution >= 0.6 is 24.0 Å². The van der Waals surface area contributed by atoms with Crippen molar-refractivity contribution in [2.24, 2.45) is 10.7 Å². The Bertz CT molecular complexity index is 208. The highest BCUT2D eigenvalue weighted by Gasteiger charge is 2.08. The fourth-order valence-corrected chi connectivity index (χ4v) is 1.63. The summed E-state index contributed by atoms with van der Waals surface area (Å²) in [7, 11) is 0. The van der Waals surface area contributed by atoms with Crippen LogP contribution in [0.4, 0.5) is 0 Å². The molecule has 17 heavy (non-hydrogen) atoms. The van der Waals surface area contributed by atoms with E-state index in [0.717, 1.165) is 58.8 Å². The van der Waals surface area contributed by atoms with Gasteiger partial charge in [0.1, 0.15) is 0 Å². The molecule has 1 aliphatic rings. The number of guanidine groups is 1. The Morgan fingerprint density at radius 1 is 1.41 bits per heavy atom. The average molecular weight is 356 g/mol. The van der Waals surface area contributed by atoms with Gasteiger partial charge >= 0.3 is 0 Å². The summed E-state index contributed by atoms with van der Waals surface area (Å²) in [5.74, 6) is 0.573. The molecular weight excluding hydrogens is 331 g/mol. The molecule has 0 aromatic carbocycles. The second-order valence-electron chi connectivity index (χ2n) is 4.00. The molecular formula is C11H25IN4O. The monoisotopic (exact) mass is 356 g/mol. The lowest BCUT2D eigenvalue weighted by Gasteiger charge is -2.26. The van der Waals surface area contributed by atoms with Crippen LogP contribution in [0.1, 0.15) is 19.8 Å². The first kappa shape index (κ1) is 16.9. The van der Waals surface area contributed by atoms with Crippen molar-refractivity contribution in [3.8, 4) is 0 Å². The smallest absolute Gasteiger partial charge is 0.188 e. The van der Waals surface area contributed by atoms with Gasteiger partial charge in [-0.2, -0.15) is 0 Å². The summed E-state index contributed by atoms with van der Waals surface area (Å²) in [6.07, 6.45) is 2.14. The third-order valence-electron chi connectivity index (χ3n) is 2.57. The normalized spacial score (nSPS) is 17.6. The lowest BCUT2D eigenvalue weighted by atomic mass is 10.3. The van der Waals surface area contributed by atoms with Gasteiger partial charge in [-0.15, -0.1) is 24.0 Å². The average Bonchev–Trinajstić information content (AvgIpc) is 2.33. The van der Waals surface area contributed by atoms with E-state index < -0.39 is 0 Å². The molecule has 0 atom stereocenters. The van der Waals surface area contributed by atoms with Gasteiger partial charge in [0.2, 0.25) is 0 Å². The van der Waals surface area contributed by atoms with Crippen LogP contribution in [0.25, 0.3) is 0 Å². The molecule has 0 radical (unpaired) electrons. The first-order valence-electron chi connectivity index (χ1n) is 6.17. The van der Waals surface area contributed by atoms with Crippen LogP contribution in [0.2, 0.25) is 0 Å². The summed E-state index contributed by atoms with van der Waals surface area (Å²) in [5, 5.41) is 3.13. The van der Waals surface area contributed by atoms with Crippen molar-refractivity contribution in [3.05, 3.63) is 0 Å². The minimum absolute atomic E-state index is 0. The van der Waals surface area contributed by atoms with E-state index in [1.165, 1.54) is 0 Å². The van der Waals surface area contributed by atoms with E-state index in [-0.39, 0.29) is 24.0 Å². The molecule has 1 heterocycles. The molecule has 0 saturated carbocycles. The molecule has 0 spiro atoms. The molecule has 0 unspecified atom stereocenters. The van der Waals surface area contributed by atoms with Crippen molar-refractivity contribution < 1.29 is 4.74 Å². The first-order chi connectivity index (χ1) is 7.83. The summed E-state index contributed by atoms with van der Waals surface area (Å²) >= 11 is 0. The number of hydrogen-bond acceptors (Lipinski definition) is 3. The molecule has 3 N–H and O–H groups in total. The maximum atomic E-state index is 5.68. The fourth-order valence-electron chi connectivity index (χ4n) is 1.63. The van der Waals surface area contributed by atoms with Gasteiger partial charge in [0, 0.05) is 26.2 Å². The number of morpholine rings is 1. The summed E-state index contributed by atoms with van der Waals surface area (Å²) in [6, 6.07) is 0. The molecule has 0 bridgehead atoms. The number of aliphatic imine (C=N–C) groups is 1. The zero-order valence-corrected chi connectivity index (χ0v) is 13.0. The van der Waals surface area contributed by atoms with Crippen LogP contribution in [-0.4, -0.2) is 56.8 Å². The number of rotatable bonds is 6. The van der Waals surface area contributed by atoms with Gasteiger partial charge in [0.15, 0.2) is 5.96 Å². The quantitative estimate of drug-likeness (QED) is 0.317. The van der Waals surface area contributed by atoms with Crippen molar-refractivity contribution >= 4 is 29.9 Å². The number of halogens is 1. The highest BCUT2D eigenvalue weighted by molar-refractivity contribution is 14.0. The zero-order valence-electron chi connectivity index (χ0n) is 10.7. The molecule has 0 aromatic heterocycles. The van der Waals surface area contributed by atoms with Gasteiger partial charge in [-0.25, -0.2) is 0 Å². The Morgan fingerprint density at radius 2 is 2.12 bits per heavy atom. The number of nitrogens with zero attached hydrogens (tertiary/aromatic N) is 2.